The summed E-state index contributed by atoms with van der Waals surface area (Å²) in [4.78, 5) is 14.6. The largest absolute Gasteiger partial charge is 0.417 e. The molecule has 1 amide bonds. The van der Waals surface area contributed by atoms with Crippen LogP contribution in [0, 0.1) is 0 Å². The quantitative estimate of drug-likeness (QED) is 0.333. The van der Waals surface area contributed by atoms with Crippen molar-refractivity contribution in [3.05, 3.63) is 52.5 Å². The zero-order chi connectivity index (χ0) is 26.2. The first kappa shape index (κ1) is 25.2. The average Bonchev–Trinajstić information content (AvgIpc) is 3.59. The third kappa shape index (κ3) is 5.62. The fourth-order valence-corrected chi connectivity index (χ4v) is 5.08. The number of alkyl halides is 4. The van der Waals surface area contributed by atoms with Gasteiger partial charge in [0, 0.05) is 24.2 Å². The van der Waals surface area contributed by atoms with Crippen molar-refractivity contribution in [1.82, 2.24) is 25.0 Å². The Labute approximate surface area is 213 Å². The third-order valence-electron chi connectivity index (χ3n) is 6.20. The van der Waals surface area contributed by atoms with Gasteiger partial charge < -0.3 is 24.5 Å². The molecule has 1 aliphatic rings. The van der Waals surface area contributed by atoms with E-state index >= 15 is 0 Å². The molecule has 0 spiro atoms. The van der Waals surface area contributed by atoms with Crippen molar-refractivity contribution in [3.63, 3.8) is 0 Å². The molecule has 1 saturated heterocycles. The van der Waals surface area contributed by atoms with Gasteiger partial charge in [0.2, 0.25) is 5.89 Å². The highest BCUT2D eigenvalue weighted by atomic mass is 32.1. The molecule has 5 rings (SSSR count). The monoisotopic (exact) mass is 536 g/mol. The zero-order valence-corrected chi connectivity index (χ0v) is 20.6. The van der Waals surface area contributed by atoms with E-state index in [2.05, 4.69) is 20.8 Å². The number of nitrogens with one attached hydrogen (secondary N) is 2. The summed E-state index contributed by atoms with van der Waals surface area (Å²) in [5, 5.41) is 15.9. The molecule has 1 aromatic carbocycles. The number of likely N-dealkylation sites (tertiary alicyclic amines) is 1. The van der Waals surface area contributed by atoms with Gasteiger partial charge in [0.25, 0.3) is 11.8 Å². The van der Waals surface area contributed by atoms with Crippen LogP contribution < -0.4 is 10.6 Å². The van der Waals surface area contributed by atoms with E-state index in [1.807, 2.05) is 11.9 Å². The number of fused-ring (bicyclic) bond motifs is 1. The van der Waals surface area contributed by atoms with Gasteiger partial charge in [0.1, 0.15) is 18.4 Å². The number of piperidine rings is 1. The number of carbonyl (C=O) groups is 1. The highest BCUT2D eigenvalue weighted by molar-refractivity contribution is 7.12. The van der Waals surface area contributed by atoms with Crippen LogP contribution >= 0.6 is 11.3 Å². The van der Waals surface area contributed by atoms with Crippen LogP contribution in [0.3, 0.4) is 0 Å². The molecular weight excluding hydrogens is 512 g/mol. The van der Waals surface area contributed by atoms with Crippen molar-refractivity contribution in [2.75, 3.05) is 25.5 Å². The zero-order valence-electron chi connectivity index (χ0n) is 19.8. The molecule has 2 atom stereocenters. The number of amides is 1. The van der Waals surface area contributed by atoms with Gasteiger partial charge in [-0.25, -0.2) is 4.39 Å². The van der Waals surface area contributed by atoms with Crippen molar-refractivity contribution in [2.24, 2.45) is 0 Å². The van der Waals surface area contributed by atoms with Gasteiger partial charge in [-0.05, 0) is 43.1 Å². The third-order valence-corrected chi connectivity index (χ3v) is 7.07. The number of aromatic nitrogens is 3. The minimum Gasteiger partial charge on any atom is -0.417 e. The molecule has 1 fully saturated rings. The van der Waals surface area contributed by atoms with Gasteiger partial charge in [-0.15, -0.1) is 21.5 Å². The predicted molar refractivity (Wildman–Crippen MR) is 131 cm³/mol. The van der Waals surface area contributed by atoms with Gasteiger partial charge in [-0.2, -0.15) is 13.2 Å². The van der Waals surface area contributed by atoms with Crippen LogP contribution in [0.4, 0.5) is 23.2 Å². The summed E-state index contributed by atoms with van der Waals surface area (Å²) < 4.78 is 62.0. The Balaban J connectivity index is 1.45. The Morgan fingerprint density at radius 1 is 1.24 bits per heavy atom. The van der Waals surface area contributed by atoms with Gasteiger partial charge in [0.05, 0.1) is 23.0 Å². The van der Waals surface area contributed by atoms with Crippen LogP contribution in [-0.2, 0) is 13.1 Å². The first-order valence-corrected chi connectivity index (χ1v) is 12.5. The molecule has 196 valence electrons. The van der Waals surface area contributed by atoms with Crippen LogP contribution in [0.1, 0.15) is 22.0 Å². The molecule has 8 nitrogen and oxygen atoms in total. The number of carbonyl (C=O) groups excluding carboxylic acids is 1. The smallest absolute Gasteiger partial charge is 0.406 e. The lowest BCUT2D eigenvalue weighted by molar-refractivity contribution is -0.139. The Bertz CT molecular complexity index is 1380. The van der Waals surface area contributed by atoms with Crippen molar-refractivity contribution < 1.29 is 26.8 Å². The Morgan fingerprint density at radius 3 is 2.81 bits per heavy atom. The van der Waals surface area contributed by atoms with Crippen LogP contribution in [-0.4, -0.2) is 64.1 Å². The van der Waals surface area contributed by atoms with Crippen molar-refractivity contribution >= 4 is 33.8 Å². The molecule has 0 radical (unpaired) electrons. The van der Waals surface area contributed by atoms with Crippen LogP contribution in [0.5, 0.6) is 0 Å². The van der Waals surface area contributed by atoms with Gasteiger partial charge >= 0.3 is 6.18 Å². The lowest BCUT2D eigenvalue weighted by Crippen LogP contribution is -2.46. The number of hydrogen-bond acceptors (Lipinski definition) is 7. The molecule has 0 aliphatic carbocycles. The number of rotatable bonds is 7. The molecule has 37 heavy (non-hydrogen) atoms. The second-order valence-corrected chi connectivity index (χ2v) is 9.90. The molecule has 0 bridgehead atoms. The normalized spacial score (nSPS) is 18.8. The maximum Gasteiger partial charge on any atom is 0.406 e. The minimum absolute atomic E-state index is 0.0497. The average molecular weight is 537 g/mol. The summed E-state index contributed by atoms with van der Waals surface area (Å²) in [5.41, 5.74) is 0.899. The summed E-state index contributed by atoms with van der Waals surface area (Å²) >= 11 is 1.27. The summed E-state index contributed by atoms with van der Waals surface area (Å²) in [7, 11) is 1.85. The molecule has 2 N–H and O–H groups in total. The van der Waals surface area contributed by atoms with E-state index in [-0.39, 0.29) is 36.5 Å². The summed E-state index contributed by atoms with van der Waals surface area (Å²) in [5.74, 6) is -0.389. The fraction of sp³-hybridized carbons (Fsp3) is 0.375. The standard InChI is InChI=1S/C24H24F4N6O2S/c1-33-8-7-17(15(25)12-33)30-16-4-2-5-18-14(16)10-19(34(18)13-24(26,27)28)23-32-31-21(36-23)11-29-22(35)20-6-3-9-37-20/h2-6,9-10,15,17,30H,7-8,11-13H2,1H3,(H,29,35). The number of hydrogen-bond donors (Lipinski definition) is 2. The molecule has 4 heterocycles. The minimum atomic E-state index is -4.51. The number of anilines is 1. The first-order chi connectivity index (χ1) is 17.7. The van der Waals surface area contributed by atoms with E-state index in [0.717, 1.165) is 4.57 Å². The first-order valence-electron chi connectivity index (χ1n) is 11.6. The van der Waals surface area contributed by atoms with Gasteiger partial charge in [-0.3, -0.25) is 4.79 Å². The Hall–Kier alpha value is -3.45. The van der Waals surface area contributed by atoms with Gasteiger partial charge in [0.15, 0.2) is 0 Å². The second kappa shape index (κ2) is 10.1. The topological polar surface area (TPSA) is 88.2 Å². The van der Waals surface area contributed by atoms with E-state index < -0.39 is 24.9 Å². The molecule has 1 aliphatic heterocycles. The number of nitrogens with zero attached hydrogens (tertiary/aromatic N) is 4. The molecule has 4 aromatic rings. The maximum absolute atomic E-state index is 14.7. The maximum atomic E-state index is 14.7. The molecule has 2 unspecified atom stereocenters. The van der Waals surface area contributed by atoms with Crippen LogP contribution in [0.2, 0.25) is 0 Å². The van der Waals surface area contributed by atoms with Crippen LogP contribution in [0.15, 0.2) is 46.2 Å². The highest BCUT2D eigenvalue weighted by Gasteiger charge is 2.32. The molecule has 0 saturated carbocycles. The molecule has 3 aromatic heterocycles. The van der Waals surface area contributed by atoms with E-state index in [0.29, 0.717) is 34.4 Å². The number of benzene rings is 1. The van der Waals surface area contributed by atoms with E-state index in [4.69, 9.17) is 4.42 Å². The van der Waals surface area contributed by atoms with E-state index in [1.165, 1.54) is 17.4 Å². The van der Waals surface area contributed by atoms with Crippen molar-refractivity contribution in [1.29, 1.82) is 0 Å². The van der Waals surface area contributed by atoms with E-state index in [9.17, 15) is 22.4 Å². The SMILES string of the molecule is CN1CCC(Nc2cccc3c2cc(-c2nnc(CNC(=O)c4cccs4)o2)n3CC(F)(F)F)C(F)C1. The highest BCUT2D eigenvalue weighted by Crippen LogP contribution is 2.35. The van der Waals surface area contributed by atoms with Gasteiger partial charge in [-0.1, -0.05) is 12.1 Å². The summed E-state index contributed by atoms with van der Waals surface area (Å²) in [6.07, 6.45) is -5.07. The predicted octanol–water partition coefficient (Wildman–Crippen LogP) is 4.70. The lowest BCUT2D eigenvalue weighted by atomic mass is 10.0. The lowest BCUT2D eigenvalue weighted by Gasteiger charge is -2.33. The number of halogens is 4. The number of thiophene rings is 1. The fourth-order valence-electron chi connectivity index (χ4n) is 4.44. The Kier molecular flexibility index (Phi) is 6.90. The summed E-state index contributed by atoms with van der Waals surface area (Å²) in [6.45, 7) is -0.365. The second-order valence-electron chi connectivity index (χ2n) is 8.95. The molecular formula is C24H24F4N6O2S. The van der Waals surface area contributed by atoms with Crippen molar-refractivity contribution in [2.45, 2.75) is 37.9 Å². The van der Waals surface area contributed by atoms with Crippen molar-refractivity contribution in [3.8, 4) is 11.6 Å². The van der Waals surface area contributed by atoms with E-state index in [1.54, 1.807) is 35.7 Å². The molecule has 13 heteroatoms. The summed E-state index contributed by atoms with van der Waals surface area (Å²) in [6, 6.07) is 9.39. The Morgan fingerprint density at radius 2 is 2.08 bits per heavy atom. The van der Waals surface area contributed by atoms with Crippen LogP contribution in [0.25, 0.3) is 22.5 Å².